The minimum Gasteiger partial charge on any atom is -0.275 e. The predicted molar refractivity (Wildman–Crippen MR) is 104 cm³/mol. The van der Waals surface area contributed by atoms with Crippen molar-refractivity contribution in [2.45, 2.75) is 13.8 Å². The van der Waals surface area contributed by atoms with Crippen LogP contribution in [0.3, 0.4) is 0 Å². The molecule has 28 heavy (non-hydrogen) atoms. The molecule has 4 aromatic rings. The fourth-order valence-corrected chi connectivity index (χ4v) is 3.52. The second kappa shape index (κ2) is 5.82. The molecule has 3 aromatic heterocycles. The Balaban J connectivity index is 1.73. The first-order chi connectivity index (χ1) is 13.6. The number of anilines is 1. The number of rotatable bonds is 2. The van der Waals surface area contributed by atoms with E-state index in [1.165, 1.54) is 11.1 Å². The first-order valence-corrected chi connectivity index (χ1v) is 8.80. The van der Waals surface area contributed by atoms with Crippen molar-refractivity contribution in [3.05, 3.63) is 71.2 Å². The van der Waals surface area contributed by atoms with E-state index in [-0.39, 0.29) is 17.4 Å². The number of H-pyrrole nitrogens is 1. The van der Waals surface area contributed by atoms with Crippen LogP contribution in [0.4, 0.5) is 5.69 Å². The van der Waals surface area contributed by atoms with Gasteiger partial charge in [0.1, 0.15) is 0 Å². The zero-order valence-corrected chi connectivity index (χ0v) is 15.2. The molecule has 0 aliphatic carbocycles. The number of nitrogens with one attached hydrogen (secondary N) is 1. The lowest BCUT2D eigenvalue weighted by Gasteiger charge is -2.15. The molecule has 7 heteroatoms. The Labute approximate surface area is 160 Å². The number of carbonyl (C=O) groups is 2. The maximum atomic E-state index is 13.3. The van der Waals surface area contributed by atoms with Crippen molar-refractivity contribution in [3.63, 3.8) is 0 Å². The summed E-state index contributed by atoms with van der Waals surface area (Å²) in [7, 11) is 0. The zero-order valence-electron chi connectivity index (χ0n) is 15.2. The Hall–Kier alpha value is -3.87. The minimum atomic E-state index is -0.379. The molecule has 0 radical (unpaired) electrons. The van der Waals surface area contributed by atoms with Gasteiger partial charge in [-0.3, -0.25) is 19.7 Å². The fourth-order valence-electron chi connectivity index (χ4n) is 3.52. The van der Waals surface area contributed by atoms with Crippen LogP contribution in [-0.4, -0.2) is 32.0 Å². The van der Waals surface area contributed by atoms with Crippen LogP contribution < -0.4 is 4.90 Å². The number of aromatic amines is 1. The van der Waals surface area contributed by atoms with E-state index in [0.717, 1.165) is 16.7 Å². The molecule has 0 fully saturated rings. The summed E-state index contributed by atoms with van der Waals surface area (Å²) in [5, 5.41) is 7.68. The zero-order chi connectivity index (χ0) is 19.4. The van der Waals surface area contributed by atoms with Gasteiger partial charge in [0.25, 0.3) is 11.8 Å². The van der Waals surface area contributed by atoms with Crippen molar-refractivity contribution in [3.8, 4) is 11.3 Å². The maximum Gasteiger partial charge on any atom is 0.267 e. The number of fused-ring (bicyclic) bond motifs is 3. The van der Waals surface area contributed by atoms with E-state index in [9.17, 15) is 9.59 Å². The molecule has 2 amide bonds. The molecule has 1 aliphatic rings. The number of hydrogen-bond acceptors (Lipinski definition) is 5. The van der Waals surface area contributed by atoms with Crippen molar-refractivity contribution < 1.29 is 9.59 Å². The van der Waals surface area contributed by atoms with Gasteiger partial charge in [-0.15, -0.1) is 0 Å². The fraction of sp³-hybridized carbons (Fsp3) is 0.0952. The summed E-state index contributed by atoms with van der Waals surface area (Å²) in [6, 6.07) is 9.20. The van der Waals surface area contributed by atoms with Crippen LogP contribution in [0.15, 0.2) is 48.9 Å². The highest BCUT2D eigenvalue weighted by Crippen LogP contribution is 2.36. The molecule has 5 rings (SSSR count). The van der Waals surface area contributed by atoms with Gasteiger partial charge in [-0.2, -0.15) is 5.10 Å². The summed E-state index contributed by atoms with van der Waals surface area (Å²) in [5.74, 6) is -0.752. The lowest BCUT2D eigenvalue weighted by molar-refractivity contribution is 0.0926. The van der Waals surface area contributed by atoms with Crippen LogP contribution in [0, 0.1) is 13.8 Å². The third kappa shape index (κ3) is 2.19. The van der Waals surface area contributed by atoms with Crippen LogP contribution in [0.25, 0.3) is 22.3 Å². The number of carbonyl (C=O) groups excluding carboxylic acids is 2. The monoisotopic (exact) mass is 369 g/mol. The lowest BCUT2D eigenvalue weighted by Crippen LogP contribution is -2.29. The largest absolute Gasteiger partial charge is 0.275 e. The summed E-state index contributed by atoms with van der Waals surface area (Å²) in [5.41, 5.74) is 5.04. The maximum absolute atomic E-state index is 13.3. The summed E-state index contributed by atoms with van der Waals surface area (Å²) in [4.78, 5) is 36.0. The summed E-state index contributed by atoms with van der Waals surface area (Å²) < 4.78 is 0. The van der Waals surface area contributed by atoms with Crippen molar-refractivity contribution in [1.29, 1.82) is 0 Å². The van der Waals surface area contributed by atoms with E-state index in [4.69, 9.17) is 0 Å². The number of imide groups is 1. The number of benzene rings is 1. The number of amides is 2. The van der Waals surface area contributed by atoms with Gasteiger partial charge >= 0.3 is 0 Å². The molecular weight excluding hydrogens is 354 g/mol. The highest BCUT2D eigenvalue weighted by Gasteiger charge is 2.40. The first kappa shape index (κ1) is 16.3. The Kier molecular flexibility index (Phi) is 3.39. The summed E-state index contributed by atoms with van der Waals surface area (Å²) >= 11 is 0. The Morgan fingerprint density at radius 2 is 1.86 bits per heavy atom. The minimum absolute atomic E-state index is 0.280. The van der Waals surface area contributed by atoms with Crippen molar-refractivity contribution in [2.75, 3.05) is 4.90 Å². The second-order valence-corrected chi connectivity index (χ2v) is 6.80. The number of aryl methyl sites for hydroxylation is 2. The molecule has 136 valence electrons. The van der Waals surface area contributed by atoms with Gasteiger partial charge < -0.3 is 0 Å². The standard InChI is InChI=1S/C21H15N5O2/c1-11-5-6-14(8-12(11)2)26-20(27)15-10-23-19-17(16(15)21(26)28)18(24-25-19)13-4-3-7-22-9-13/h3-10H,1-2H3,(H,23,24,25). The molecule has 0 atom stereocenters. The SMILES string of the molecule is Cc1ccc(N2C(=O)c3cnc4n[nH]c(-c5cccnc5)c4c3C2=O)cc1C. The van der Waals surface area contributed by atoms with Crippen molar-refractivity contribution >= 4 is 28.5 Å². The lowest BCUT2D eigenvalue weighted by atomic mass is 10.0. The van der Waals surface area contributed by atoms with E-state index in [1.807, 2.05) is 32.0 Å². The molecular formula is C21H15N5O2. The molecule has 0 saturated heterocycles. The van der Waals surface area contributed by atoms with Crippen LogP contribution in [0.5, 0.6) is 0 Å². The first-order valence-electron chi connectivity index (χ1n) is 8.80. The van der Waals surface area contributed by atoms with Crippen LogP contribution in [0.2, 0.25) is 0 Å². The van der Waals surface area contributed by atoms with Crippen LogP contribution >= 0.6 is 0 Å². The van der Waals surface area contributed by atoms with E-state index in [0.29, 0.717) is 28.0 Å². The highest BCUT2D eigenvalue weighted by molar-refractivity contribution is 6.38. The van der Waals surface area contributed by atoms with E-state index < -0.39 is 0 Å². The summed E-state index contributed by atoms with van der Waals surface area (Å²) in [6.07, 6.45) is 4.77. The molecule has 7 nitrogen and oxygen atoms in total. The third-order valence-corrected chi connectivity index (χ3v) is 5.13. The molecule has 0 bridgehead atoms. The van der Waals surface area contributed by atoms with Gasteiger partial charge in [-0.25, -0.2) is 9.88 Å². The van der Waals surface area contributed by atoms with Crippen LogP contribution in [0.1, 0.15) is 31.8 Å². The topological polar surface area (TPSA) is 91.8 Å². The van der Waals surface area contributed by atoms with Gasteiger partial charge in [0, 0.05) is 24.2 Å². The van der Waals surface area contributed by atoms with Crippen LogP contribution in [-0.2, 0) is 0 Å². The molecule has 0 unspecified atom stereocenters. The highest BCUT2D eigenvalue weighted by atomic mass is 16.2. The van der Waals surface area contributed by atoms with Gasteiger partial charge in [0.05, 0.1) is 27.9 Å². The number of aromatic nitrogens is 4. The second-order valence-electron chi connectivity index (χ2n) is 6.80. The number of hydrogen-bond donors (Lipinski definition) is 1. The van der Waals surface area contributed by atoms with Gasteiger partial charge in [0.15, 0.2) is 5.65 Å². The average Bonchev–Trinajstić information content (AvgIpc) is 3.24. The van der Waals surface area contributed by atoms with E-state index in [1.54, 1.807) is 24.5 Å². The number of pyridine rings is 2. The Bertz CT molecular complexity index is 1280. The molecule has 0 saturated carbocycles. The molecule has 0 spiro atoms. The normalized spacial score (nSPS) is 13.4. The Morgan fingerprint density at radius 1 is 1.00 bits per heavy atom. The smallest absolute Gasteiger partial charge is 0.267 e. The molecule has 1 aliphatic heterocycles. The molecule has 4 heterocycles. The van der Waals surface area contributed by atoms with Gasteiger partial charge in [-0.1, -0.05) is 6.07 Å². The van der Waals surface area contributed by atoms with E-state index in [2.05, 4.69) is 20.2 Å². The predicted octanol–water partition coefficient (Wildman–Crippen LogP) is 3.44. The van der Waals surface area contributed by atoms with Crippen molar-refractivity contribution in [2.24, 2.45) is 0 Å². The third-order valence-electron chi connectivity index (χ3n) is 5.13. The van der Waals surface area contributed by atoms with Crippen molar-refractivity contribution in [1.82, 2.24) is 20.2 Å². The average molecular weight is 369 g/mol. The number of nitrogens with zero attached hydrogens (tertiary/aromatic N) is 4. The van der Waals surface area contributed by atoms with E-state index >= 15 is 0 Å². The van der Waals surface area contributed by atoms with Gasteiger partial charge in [0.2, 0.25) is 0 Å². The molecule has 1 aromatic carbocycles. The van der Waals surface area contributed by atoms with Gasteiger partial charge in [-0.05, 0) is 49.2 Å². The Morgan fingerprint density at radius 3 is 2.61 bits per heavy atom. The summed E-state index contributed by atoms with van der Waals surface area (Å²) in [6.45, 7) is 3.94. The quantitative estimate of drug-likeness (QED) is 0.547. The molecule has 1 N–H and O–H groups in total.